The molecule has 0 unspecified atom stereocenters. The molecule has 2 aliphatic carbocycles. The summed E-state index contributed by atoms with van der Waals surface area (Å²) in [5.41, 5.74) is 0.576. The minimum absolute atomic E-state index is 0.299. The molecule has 0 aliphatic heterocycles. The number of nitrogens with zero attached hydrogens (tertiary/aromatic N) is 1. The maximum Gasteiger partial charge on any atom is 0.341 e. The topological polar surface area (TPSA) is 42.7 Å². The van der Waals surface area contributed by atoms with Crippen molar-refractivity contribution < 1.29 is 13.9 Å². The van der Waals surface area contributed by atoms with Gasteiger partial charge in [-0.2, -0.15) is 0 Å². The van der Waals surface area contributed by atoms with E-state index >= 15 is 0 Å². The maximum atomic E-state index is 11.8. The van der Waals surface area contributed by atoms with Crippen LogP contribution in [-0.2, 0) is 11.3 Å². The van der Waals surface area contributed by atoms with Crippen LogP contribution in [0.4, 0.5) is 0 Å². The van der Waals surface area contributed by atoms with E-state index in [9.17, 15) is 4.79 Å². The molecule has 0 aromatic carbocycles. The summed E-state index contributed by atoms with van der Waals surface area (Å²) < 4.78 is 10.4. The van der Waals surface area contributed by atoms with Gasteiger partial charge in [0.15, 0.2) is 0 Å². The van der Waals surface area contributed by atoms with Gasteiger partial charge in [-0.25, -0.2) is 4.79 Å². The Hall–Kier alpha value is -1.29. The molecule has 21 heavy (non-hydrogen) atoms. The molecule has 1 aromatic heterocycles. The van der Waals surface area contributed by atoms with E-state index in [-0.39, 0.29) is 5.97 Å². The highest BCUT2D eigenvalue weighted by molar-refractivity contribution is 5.90. The SMILES string of the molecule is COC(=O)c1ccoc1CN(CC1CCCCC1)C1CC1. The number of methoxy groups -OCH3 is 1. The summed E-state index contributed by atoms with van der Waals surface area (Å²) in [6.45, 7) is 1.88. The summed E-state index contributed by atoms with van der Waals surface area (Å²) in [6.07, 6.45) is 11.0. The van der Waals surface area contributed by atoms with Gasteiger partial charge in [0, 0.05) is 12.6 Å². The fourth-order valence-electron chi connectivity index (χ4n) is 3.42. The van der Waals surface area contributed by atoms with E-state index in [4.69, 9.17) is 9.15 Å². The zero-order valence-corrected chi connectivity index (χ0v) is 12.8. The van der Waals surface area contributed by atoms with E-state index in [1.54, 1.807) is 12.3 Å². The Morgan fingerprint density at radius 1 is 1.29 bits per heavy atom. The van der Waals surface area contributed by atoms with Gasteiger partial charge >= 0.3 is 5.97 Å². The number of esters is 1. The first-order valence-corrected chi connectivity index (χ1v) is 8.16. The molecule has 4 nitrogen and oxygen atoms in total. The van der Waals surface area contributed by atoms with Crippen LogP contribution >= 0.6 is 0 Å². The number of ether oxygens (including phenoxy) is 1. The average molecular weight is 291 g/mol. The van der Waals surface area contributed by atoms with E-state index in [1.807, 2.05) is 0 Å². The lowest BCUT2D eigenvalue weighted by Crippen LogP contribution is -2.32. The summed E-state index contributed by atoms with van der Waals surface area (Å²) in [5, 5.41) is 0. The lowest BCUT2D eigenvalue weighted by molar-refractivity contribution is 0.0595. The molecule has 0 saturated heterocycles. The third-order valence-electron chi connectivity index (χ3n) is 4.78. The highest BCUT2D eigenvalue weighted by Gasteiger charge is 2.32. The first-order valence-electron chi connectivity index (χ1n) is 8.16. The molecule has 4 heteroatoms. The minimum Gasteiger partial charge on any atom is -0.467 e. The van der Waals surface area contributed by atoms with Crippen LogP contribution in [0.1, 0.15) is 61.1 Å². The highest BCUT2D eigenvalue weighted by Crippen LogP contribution is 2.33. The number of carbonyl (C=O) groups is 1. The smallest absolute Gasteiger partial charge is 0.341 e. The number of furan rings is 1. The first-order chi connectivity index (χ1) is 10.3. The molecule has 0 spiro atoms. The standard InChI is InChI=1S/C17H25NO3/c1-20-17(19)15-9-10-21-16(15)12-18(14-7-8-14)11-13-5-3-2-4-6-13/h9-10,13-14H,2-8,11-12H2,1H3. The molecule has 1 aromatic rings. The van der Waals surface area contributed by atoms with Gasteiger partial charge in [-0.15, -0.1) is 0 Å². The molecule has 2 fully saturated rings. The molecule has 1 heterocycles. The van der Waals surface area contributed by atoms with Gasteiger partial charge < -0.3 is 9.15 Å². The molecule has 0 N–H and O–H groups in total. The molecule has 0 atom stereocenters. The molecule has 116 valence electrons. The van der Waals surface area contributed by atoms with Gasteiger partial charge in [0.1, 0.15) is 11.3 Å². The second-order valence-corrected chi connectivity index (χ2v) is 6.41. The van der Waals surface area contributed by atoms with Gasteiger partial charge in [0.05, 0.1) is 19.9 Å². The van der Waals surface area contributed by atoms with Gasteiger partial charge in [-0.05, 0) is 37.7 Å². The van der Waals surface area contributed by atoms with Crippen molar-refractivity contribution >= 4 is 5.97 Å². The Kier molecular flexibility index (Phi) is 4.63. The summed E-state index contributed by atoms with van der Waals surface area (Å²) >= 11 is 0. The Balaban J connectivity index is 1.65. The van der Waals surface area contributed by atoms with Crippen molar-refractivity contribution in [2.45, 2.75) is 57.5 Å². The van der Waals surface area contributed by atoms with Crippen LogP contribution in [0.5, 0.6) is 0 Å². The Morgan fingerprint density at radius 2 is 2.05 bits per heavy atom. The third-order valence-corrected chi connectivity index (χ3v) is 4.78. The molecule has 0 radical (unpaired) electrons. The third kappa shape index (κ3) is 3.67. The van der Waals surface area contributed by atoms with Crippen LogP contribution in [0.15, 0.2) is 16.7 Å². The van der Waals surface area contributed by atoms with Crippen molar-refractivity contribution in [2.24, 2.45) is 5.92 Å². The maximum absolute atomic E-state index is 11.8. The lowest BCUT2D eigenvalue weighted by Gasteiger charge is -2.29. The molecule has 0 amide bonds. The van der Waals surface area contributed by atoms with Crippen LogP contribution in [0, 0.1) is 5.92 Å². The van der Waals surface area contributed by atoms with E-state index in [0.29, 0.717) is 11.6 Å². The van der Waals surface area contributed by atoms with Crippen LogP contribution in [0.3, 0.4) is 0 Å². The Morgan fingerprint density at radius 3 is 2.71 bits per heavy atom. The number of carbonyl (C=O) groups excluding carboxylic acids is 1. The van der Waals surface area contributed by atoms with E-state index in [1.165, 1.54) is 52.1 Å². The van der Waals surface area contributed by atoms with Gasteiger partial charge in [0.25, 0.3) is 0 Å². The summed E-state index contributed by atoms with van der Waals surface area (Å²) in [5.74, 6) is 1.27. The highest BCUT2D eigenvalue weighted by atomic mass is 16.5. The van der Waals surface area contributed by atoms with Crippen molar-refractivity contribution in [3.63, 3.8) is 0 Å². The van der Waals surface area contributed by atoms with Crippen LogP contribution in [0.25, 0.3) is 0 Å². The predicted molar refractivity (Wildman–Crippen MR) is 80.1 cm³/mol. The molecule has 2 saturated carbocycles. The number of hydrogen-bond donors (Lipinski definition) is 0. The lowest BCUT2D eigenvalue weighted by atomic mass is 9.89. The second kappa shape index (κ2) is 6.65. The molecular weight excluding hydrogens is 266 g/mol. The summed E-state index contributed by atoms with van der Waals surface area (Å²) in [4.78, 5) is 14.3. The minimum atomic E-state index is -0.299. The number of rotatable bonds is 6. The van der Waals surface area contributed by atoms with Crippen molar-refractivity contribution in [1.82, 2.24) is 4.90 Å². The van der Waals surface area contributed by atoms with Crippen LogP contribution < -0.4 is 0 Å². The Labute approximate surface area is 126 Å². The van der Waals surface area contributed by atoms with Crippen molar-refractivity contribution in [3.8, 4) is 0 Å². The van der Waals surface area contributed by atoms with E-state index < -0.39 is 0 Å². The predicted octanol–water partition coefficient (Wildman–Crippen LogP) is 3.61. The van der Waals surface area contributed by atoms with Gasteiger partial charge in [-0.3, -0.25) is 4.90 Å². The molecule has 3 rings (SSSR count). The fourth-order valence-corrected chi connectivity index (χ4v) is 3.42. The molecule has 0 bridgehead atoms. The monoisotopic (exact) mass is 291 g/mol. The quantitative estimate of drug-likeness (QED) is 0.751. The molecule has 2 aliphatic rings. The molecular formula is C17H25NO3. The van der Waals surface area contributed by atoms with Crippen LogP contribution in [0.2, 0.25) is 0 Å². The van der Waals surface area contributed by atoms with Crippen molar-refractivity contribution in [2.75, 3.05) is 13.7 Å². The first kappa shape index (κ1) is 14.6. The van der Waals surface area contributed by atoms with E-state index in [2.05, 4.69) is 4.90 Å². The Bertz CT molecular complexity index is 472. The van der Waals surface area contributed by atoms with Gasteiger partial charge in [-0.1, -0.05) is 19.3 Å². The second-order valence-electron chi connectivity index (χ2n) is 6.41. The zero-order chi connectivity index (χ0) is 14.7. The zero-order valence-electron chi connectivity index (χ0n) is 12.8. The summed E-state index contributed by atoms with van der Waals surface area (Å²) in [6, 6.07) is 2.40. The van der Waals surface area contributed by atoms with Crippen LogP contribution in [-0.4, -0.2) is 30.6 Å². The normalized spacial score (nSPS) is 19.9. The van der Waals surface area contributed by atoms with Crippen molar-refractivity contribution in [1.29, 1.82) is 0 Å². The van der Waals surface area contributed by atoms with E-state index in [0.717, 1.165) is 24.8 Å². The number of hydrogen-bond acceptors (Lipinski definition) is 4. The van der Waals surface area contributed by atoms with Crippen molar-refractivity contribution in [3.05, 3.63) is 23.7 Å². The van der Waals surface area contributed by atoms with Gasteiger partial charge in [0.2, 0.25) is 0 Å². The largest absolute Gasteiger partial charge is 0.467 e. The average Bonchev–Trinajstić information content (AvgIpc) is 3.27. The summed E-state index contributed by atoms with van der Waals surface area (Å²) in [7, 11) is 1.42. The fraction of sp³-hybridized carbons (Fsp3) is 0.706.